The number of halogens is 1. The third-order valence-corrected chi connectivity index (χ3v) is 5.90. The molecule has 0 fully saturated rings. The molecule has 1 heterocycles. The maximum atomic E-state index is 12.9. The second-order valence-corrected chi connectivity index (χ2v) is 8.66. The lowest BCUT2D eigenvalue weighted by molar-refractivity contribution is -0.113. The van der Waals surface area contributed by atoms with Crippen molar-refractivity contribution in [2.45, 2.75) is 32.0 Å². The van der Waals surface area contributed by atoms with Crippen molar-refractivity contribution in [3.05, 3.63) is 63.4 Å². The fourth-order valence-electron chi connectivity index (χ4n) is 2.72. The van der Waals surface area contributed by atoms with E-state index in [0.717, 1.165) is 16.6 Å². The van der Waals surface area contributed by atoms with Gasteiger partial charge in [0.05, 0.1) is 22.3 Å². The molecule has 1 N–H and O–H groups in total. The van der Waals surface area contributed by atoms with E-state index in [4.69, 9.17) is 0 Å². The van der Waals surface area contributed by atoms with E-state index < -0.39 is 0 Å². The standard InChI is InChI=1S/C21H22BrN3O2S/c1-14(2)11-12-25-20(27)15-7-3-5-9-17(15)24-21(25)28-13-19(26)23-18-10-6-4-8-16(18)22/h3-10,14H,11-13H2,1-2H3,(H,23,26). The number of fused-ring (bicyclic) bond motifs is 1. The molecule has 0 saturated carbocycles. The number of anilines is 1. The first kappa shape index (κ1) is 20.6. The number of aromatic nitrogens is 2. The van der Waals surface area contributed by atoms with Crippen LogP contribution in [0.2, 0.25) is 0 Å². The lowest BCUT2D eigenvalue weighted by Crippen LogP contribution is -2.25. The molecule has 0 unspecified atom stereocenters. The number of thioether (sulfide) groups is 1. The Balaban J connectivity index is 1.82. The highest BCUT2D eigenvalue weighted by molar-refractivity contribution is 9.10. The van der Waals surface area contributed by atoms with Crippen molar-refractivity contribution >= 4 is 50.2 Å². The van der Waals surface area contributed by atoms with Gasteiger partial charge in [0.15, 0.2) is 5.16 Å². The molecule has 28 heavy (non-hydrogen) atoms. The Morgan fingerprint density at radius 3 is 2.64 bits per heavy atom. The highest BCUT2D eigenvalue weighted by Crippen LogP contribution is 2.23. The Bertz CT molecular complexity index is 1050. The summed E-state index contributed by atoms with van der Waals surface area (Å²) >= 11 is 4.71. The summed E-state index contributed by atoms with van der Waals surface area (Å²) in [5.74, 6) is 0.498. The van der Waals surface area contributed by atoms with Crippen LogP contribution in [0.15, 0.2) is 63.0 Å². The Labute approximate surface area is 176 Å². The van der Waals surface area contributed by atoms with Gasteiger partial charge < -0.3 is 5.32 Å². The second-order valence-electron chi connectivity index (χ2n) is 6.87. The van der Waals surface area contributed by atoms with Crippen LogP contribution in [0.1, 0.15) is 20.3 Å². The molecule has 0 saturated heterocycles. The van der Waals surface area contributed by atoms with Gasteiger partial charge in [-0.25, -0.2) is 4.98 Å². The molecule has 0 bridgehead atoms. The van der Waals surface area contributed by atoms with Gasteiger partial charge in [-0.15, -0.1) is 0 Å². The molecule has 1 amide bonds. The largest absolute Gasteiger partial charge is 0.324 e. The normalized spacial score (nSPS) is 11.1. The van der Waals surface area contributed by atoms with Crippen LogP contribution in [0.4, 0.5) is 5.69 Å². The van der Waals surface area contributed by atoms with Gasteiger partial charge in [-0.1, -0.05) is 49.9 Å². The van der Waals surface area contributed by atoms with E-state index in [9.17, 15) is 9.59 Å². The van der Waals surface area contributed by atoms with Crippen molar-refractivity contribution in [2.75, 3.05) is 11.1 Å². The third-order valence-electron chi connectivity index (χ3n) is 4.24. The van der Waals surface area contributed by atoms with E-state index >= 15 is 0 Å². The molecule has 2 aromatic carbocycles. The van der Waals surface area contributed by atoms with Gasteiger partial charge in [-0.05, 0) is 52.5 Å². The van der Waals surface area contributed by atoms with Crippen LogP contribution in [0, 0.1) is 5.92 Å². The van der Waals surface area contributed by atoms with Gasteiger partial charge in [0, 0.05) is 11.0 Å². The van der Waals surface area contributed by atoms with Crippen molar-refractivity contribution in [1.82, 2.24) is 9.55 Å². The van der Waals surface area contributed by atoms with E-state index in [1.165, 1.54) is 11.8 Å². The molecule has 0 atom stereocenters. The summed E-state index contributed by atoms with van der Waals surface area (Å²) in [6.07, 6.45) is 0.872. The minimum atomic E-state index is -0.144. The molecule has 3 rings (SSSR count). The van der Waals surface area contributed by atoms with Crippen LogP contribution in [-0.2, 0) is 11.3 Å². The van der Waals surface area contributed by atoms with Gasteiger partial charge in [0.25, 0.3) is 5.56 Å². The third kappa shape index (κ3) is 5.02. The van der Waals surface area contributed by atoms with E-state index in [1.54, 1.807) is 10.6 Å². The average molecular weight is 460 g/mol. The lowest BCUT2D eigenvalue weighted by atomic mass is 10.1. The topological polar surface area (TPSA) is 64.0 Å². The predicted molar refractivity (Wildman–Crippen MR) is 119 cm³/mol. The number of para-hydroxylation sites is 2. The molecule has 3 aromatic rings. The predicted octanol–water partition coefficient (Wildman–Crippen LogP) is 4.94. The van der Waals surface area contributed by atoms with Crippen LogP contribution in [0.3, 0.4) is 0 Å². The van der Waals surface area contributed by atoms with E-state index in [-0.39, 0.29) is 17.2 Å². The zero-order valence-electron chi connectivity index (χ0n) is 15.8. The number of hydrogen-bond donors (Lipinski definition) is 1. The van der Waals surface area contributed by atoms with E-state index in [1.807, 2.05) is 42.5 Å². The molecule has 0 radical (unpaired) electrons. The molecule has 0 aliphatic rings. The number of carbonyl (C=O) groups excluding carboxylic acids is 1. The first-order valence-electron chi connectivity index (χ1n) is 9.12. The minimum Gasteiger partial charge on any atom is -0.324 e. The molecule has 7 heteroatoms. The molecule has 5 nitrogen and oxygen atoms in total. The molecule has 0 aliphatic carbocycles. The molecule has 146 valence electrons. The maximum Gasteiger partial charge on any atom is 0.262 e. The lowest BCUT2D eigenvalue weighted by Gasteiger charge is -2.14. The average Bonchev–Trinajstić information content (AvgIpc) is 2.67. The first-order valence-corrected chi connectivity index (χ1v) is 10.9. The summed E-state index contributed by atoms with van der Waals surface area (Å²) in [6, 6.07) is 14.8. The van der Waals surface area contributed by atoms with Crippen molar-refractivity contribution in [3.8, 4) is 0 Å². The number of amides is 1. The Kier molecular flexibility index (Phi) is 6.91. The molecule has 0 aliphatic heterocycles. The van der Waals surface area contributed by atoms with Crippen LogP contribution in [0.5, 0.6) is 0 Å². The summed E-state index contributed by atoms with van der Waals surface area (Å²) in [6.45, 7) is 4.83. The fourth-order valence-corrected chi connectivity index (χ4v) is 3.93. The fraction of sp³-hybridized carbons (Fsp3) is 0.286. The molecular weight excluding hydrogens is 438 g/mol. The van der Waals surface area contributed by atoms with Gasteiger partial charge in [-0.3, -0.25) is 14.2 Å². The summed E-state index contributed by atoms with van der Waals surface area (Å²) in [4.78, 5) is 30.0. The maximum absolute atomic E-state index is 12.9. The molecular formula is C21H22BrN3O2S. The van der Waals surface area contributed by atoms with Crippen molar-refractivity contribution in [3.63, 3.8) is 0 Å². The van der Waals surface area contributed by atoms with Gasteiger partial charge in [0.2, 0.25) is 5.91 Å². The van der Waals surface area contributed by atoms with Crippen LogP contribution >= 0.6 is 27.7 Å². The van der Waals surface area contributed by atoms with Gasteiger partial charge in [-0.2, -0.15) is 0 Å². The first-order chi connectivity index (χ1) is 13.5. The highest BCUT2D eigenvalue weighted by Gasteiger charge is 2.14. The zero-order valence-corrected chi connectivity index (χ0v) is 18.2. The molecule has 0 spiro atoms. The Morgan fingerprint density at radius 2 is 1.89 bits per heavy atom. The number of hydrogen-bond acceptors (Lipinski definition) is 4. The van der Waals surface area contributed by atoms with Crippen molar-refractivity contribution in [2.24, 2.45) is 5.92 Å². The van der Waals surface area contributed by atoms with Crippen LogP contribution < -0.4 is 10.9 Å². The smallest absolute Gasteiger partial charge is 0.262 e. The zero-order chi connectivity index (χ0) is 20.1. The number of nitrogens with one attached hydrogen (secondary N) is 1. The van der Waals surface area contributed by atoms with Crippen molar-refractivity contribution in [1.29, 1.82) is 0 Å². The Hall–Kier alpha value is -2.12. The van der Waals surface area contributed by atoms with Crippen molar-refractivity contribution < 1.29 is 4.79 Å². The summed E-state index contributed by atoms with van der Waals surface area (Å²) < 4.78 is 2.52. The van der Waals surface area contributed by atoms with E-state index in [2.05, 4.69) is 40.1 Å². The quantitative estimate of drug-likeness (QED) is 0.401. The monoisotopic (exact) mass is 459 g/mol. The SMILES string of the molecule is CC(C)CCn1c(SCC(=O)Nc2ccccc2Br)nc2ccccc2c1=O. The van der Waals surface area contributed by atoms with Crippen LogP contribution in [-0.4, -0.2) is 21.2 Å². The summed E-state index contributed by atoms with van der Waals surface area (Å²) in [7, 11) is 0. The second kappa shape index (κ2) is 9.39. The van der Waals surface area contributed by atoms with Crippen LogP contribution in [0.25, 0.3) is 10.9 Å². The summed E-state index contributed by atoms with van der Waals surface area (Å²) in [5, 5.41) is 4.06. The number of benzene rings is 2. The van der Waals surface area contributed by atoms with Gasteiger partial charge >= 0.3 is 0 Å². The number of nitrogens with zero attached hydrogens (tertiary/aromatic N) is 2. The molecule has 1 aromatic heterocycles. The Morgan fingerprint density at radius 1 is 1.18 bits per heavy atom. The minimum absolute atomic E-state index is 0.0556. The van der Waals surface area contributed by atoms with E-state index in [0.29, 0.717) is 28.5 Å². The summed E-state index contributed by atoms with van der Waals surface area (Å²) in [5.41, 5.74) is 1.32. The van der Waals surface area contributed by atoms with Gasteiger partial charge in [0.1, 0.15) is 0 Å². The highest BCUT2D eigenvalue weighted by atomic mass is 79.9. The number of rotatable bonds is 7. The number of carbonyl (C=O) groups is 1.